The van der Waals surface area contributed by atoms with Crippen LogP contribution in [0, 0.1) is 10.1 Å². The van der Waals surface area contributed by atoms with Crippen LogP contribution in [0.4, 0.5) is 34.9 Å². The number of aromatic nitrogens is 3. The van der Waals surface area contributed by atoms with Crippen molar-refractivity contribution in [2.75, 3.05) is 23.2 Å². The summed E-state index contributed by atoms with van der Waals surface area (Å²) < 4.78 is 5.93. The first-order valence-electron chi connectivity index (χ1n) is 10.9. The maximum Gasteiger partial charge on any atom is 0.269 e. The Balaban J connectivity index is 1.55. The van der Waals surface area contributed by atoms with E-state index in [1.807, 2.05) is 48.5 Å². The fourth-order valence-electron chi connectivity index (χ4n) is 3.03. The van der Waals surface area contributed by atoms with Crippen LogP contribution in [0.2, 0.25) is 0 Å². The number of nitrogens with zero attached hydrogens (tertiary/aromatic N) is 5. The molecule has 0 aliphatic rings. The van der Waals surface area contributed by atoms with Gasteiger partial charge in [0.05, 0.1) is 18.2 Å². The summed E-state index contributed by atoms with van der Waals surface area (Å²) in [7, 11) is 1.59. The van der Waals surface area contributed by atoms with E-state index < -0.39 is 4.92 Å². The Labute approximate surface area is 220 Å². The first-order valence-corrected chi connectivity index (χ1v) is 11.7. The average molecular weight is 561 g/mol. The lowest BCUT2D eigenvalue weighted by molar-refractivity contribution is -0.384. The van der Waals surface area contributed by atoms with Crippen LogP contribution >= 0.6 is 15.9 Å². The first kappa shape index (κ1) is 25.3. The molecule has 0 bridgehead atoms. The monoisotopic (exact) mass is 560 g/mol. The maximum absolute atomic E-state index is 10.9. The van der Waals surface area contributed by atoms with Crippen LogP contribution in [-0.4, -0.2) is 33.2 Å². The Morgan fingerprint density at radius 2 is 1.46 bits per heavy atom. The van der Waals surface area contributed by atoms with Crippen LogP contribution in [0.3, 0.4) is 0 Å². The van der Waals surface area contributed by atoms with E-state index in [-0.39, 0.29) is 23.5 Å². The fourth-order valence-corrected chi connectivity index (χ4v) is 3.40. The Bertz CT molecular complexity index is 1410. The Kier molecular flexibility index (Phi) is 8.34. The third-order valence-corrected chi connectivity index (χ3v) is 5.21. The second-order valence-electron chi connectivity index (χ2n) is 7.40. The van der Waals surface area contributed by atoms with Gasteiger partial charge < -0.3 is 15.4 Å². The van der Waals surface area contributed by atoms with Crippen molar-refractivity contribution in [2.45, 2.75) is 0 Å². The molecule has 0 saturated carbocycles. The predicted molar refractivity (Wildman–Crippen MR) is 148 cm³/mol. The smallest absolute Gasteiger partial charge is 0.269 e. The highest BCUT2D eigenvalue weighted by Crippen LogP contribution is 2.22. The second kappa shape index (κ2) is 12.2. The molecule has 11 nitrogen and oxygen atoms in total. The molecule has 0 aliphatic heterocycles. The molecule has 0 atom stereocenters. The number of hydrazone groups is 1. The number of ether oxygens (including phenoxy) is 1. The molecule has 3 aromatic carbocycles. The van der Waals surface area contributed by atoms with Gasteiger partial charge in [0.1, 0.15) is 5.75 Å². The number of hydrogen-bond acceptors (Lipinski definition) is 10. The van der Waals surface area contributed by atoms with Crippen LogP contribution in [0.1, 0.15) is 5.56 Å². The zero-order valence-electron chi connectivity index (χ0n) is 19.5. The van der Waals surface area contributed by atoms with Crippen LogP contribution in [-0.2, 0) is 0 Å². The molecule has 0 fully saturated rings. The number of halogens is 1. The SMILES string of the molecule is COc1ccc(Nc2nc(N/N=C\C(Br)=C\c3ccccc3)nc(Nc3ccc([N+](=O)[O-])cc3)n2)cc1. The molecule has 1 aromatic heterocycles. The number of rotatable bonds is 10. The van der Waals surface area contributed by atoms with E-state index >= 15 is 0 Å². The highest BCUT2D eigenvalue weighted by atomic mass is 79.9. The number of non-ortho nitro benzene ring substituents is 1. The van der Waals surface area contributed by atoms with Crippen molar-refractivity contribution < 1.29 is 9.66 Å². The van der Waals surface area contributed by atoms with Crippen LogP contribution in [0.25, 0.3) is 6.08 Å². The quantitative estimate of drug-likeness (QED) is 0.119. The highest BCUT2D eigenvalue weighted by Gasteiger charge is 2.09. The van der Waals surface area contributed by atoms with Gasteiger partial charge in [-0.15, -0.1) is 0 Å². The highest BCUT2D eigenvalue weighted by molar-refractivity contribution is 9.12. The molecule has 3 N–H and O–H groups in total. The lowest BCUT2D eigenvalue weighted by Crippen LogP contribution is -2.07. The molecule has 37 heavy (non-hydrogen) atoms. The molecule has 0 aliphatic carbocycles. The average Bonchev–Trinajstić information content (AvgIpc) is 2.90. The Morgan fingerprint density at radius 3 is 2.03 bits per heavy atom. The minimum absolute atomic E-state index is 0.0196. The summed E-state index contributed by atoms with van der Waals surface area (Å²) in [5.74, 6) is 1.34. The van der Waals surface area contributed by atoms with E-state index in [1.165, 1.54) is 12.1 Å². The molecular weight excluding hydrogens is 540 g/mol. The minimum Gasteiger partial charge on any atom is -0.497 e. The third-order valence-electron chi connectivity index (χ3n) is 4.77. The molecule has 1 heterocycles. The molecule has 186 valence electrons. The van der Waals surface area contributed by atoms with Crippen molar-refractivity contribution in [3.63, 3.8) is 0 Å². The van der Waals surface area contributed by atoms with Gasteiger partial charge in [0.2, 0.25) is 17.8 Å². The van der Waals surface area contributed by atoms with Crippen LogP contribution in [0.5, 0.6) is 5.75 Å². The van der Waals surface area contributed by atoms with E-state index in [4.69, 9.17) is 4.74 Å². The summed E-state index contributed by atoms with van der Waals surface area (Å²) in [6.07, 6.45) is 3.49. The number of hydrogen-bond donors (Lipinski definition) is 3. The van der Waals surface area contributed by atoms with E-state index in [2.05, 4.69) is 52.0 Å². The molecule has 12 heteroatoms. The summed E-state index contributed by atoms with van der Waals surface area (Å²) >= 11 is 3.47. The summed E-state index contributed by atoms with van der Waals surface area (Å²) in [5.41, 5.74) is 5.10. The largest absolute Gasteiger partial charge is 0.497 e. The zero-order valence-corrected chi connectivity index (χ0v) is 21.1. The van der Waals surface area contributed by atoms with Crippen molar-refractivity contribution in [3.8, 4) is 5.75 Å². The van der Waals surface area contributed by atoms with E-state index in [9.17, 15) is 10.1 Å². The van der Waals surface area contributed by atoms with Crippen LogP contribution < -0.4 is 20.8 Å². The standard InChI is InChI=1S/C25H21BrN8O3/c1-37-22-13-9-20(10-14-22)29-24-30-23(28-19-7-11-21(12-8-19)34(35)36)31-25(32-24)33-27-16-18(26)15-17-5-3-2-4-6-17/h2-16H,1H3,(H3,28,29,30,31,32,33)/b18-15-,27-16-. The number of nitro groups is 1. The molecule has 4 aromatic rings. The van der Waals surface area contributed by atoms with E-state index in [1.54, 1.807) is 37.6 Å². The summed E-state index contributed by atoms with van der Waals surface area (Å²) in [6, 6.07) is 23.0. The van der Waals surface area contributed by atoms with E-state index in [0.717, 1.165) is 15.7 Å². The molecule has 4 rings (SSSR count). The van der Waals surface area contributed by atoms with Crippen molar-refractivity contribution >= 4 is 63.1 Å². The van der Waals surface area contributed by atoms with Gasteiger partial charge in [0.25, 0.3) is 5.69 Å². The van der Waals surface area contributed by atoms with Gasteiger partial charge in [0, 0.05) is 28.0 Å². The van der Waals surface area contributed by atoms with Gasteiger partial charge >= 0.3 is 0 Å². The number of benzene rings is 3. The fraction of sp³-hybridized carbons (Fsp3) is 0.0400. The topological polar surface area (TPSA) is 139 Å². The molecular formula is C25H21BrN8O3. The van der Waals surface area contributed by atoms with Gasteiger partial charge in [-0.2, -0.15) is 20.1 Å². The number of nitro benzene ring substituents is 1. The second-order valence-corrected chi connectivity index (χ2v) is 8.31. The lowest BCUT2D eigenvalue weighted by atomic mass is 10.2. The van der Waals surface area contributed by atoms with Gasteiger partial charge in [-0.25, -0.2) is 5.43 Å². The van der Waals surface area contributed by atoms with Crippen molar-refractivity contribution in [2.24, 2.45) is 5.10 Å². The molecule has 0 amide bonds. The van der Waals surface area contributed by atoms with Crippen LogP contribution in [0.15, 0.2) is 88.4 Å². The first-order chi connectivity index (χ1) is 18.0. The normalized spacial score (nSPS) is 11.2. The molecule has 0 saturated heterocycles. The summed E-state index contributed by atoms with van der Waals surface area (Å²) in [6.45, 7) is 0. The Hall–Kier alpha value is -4.84. The summed E-state index contributed by atoms with van der Waals surface area (Å²) in [5, 5.41) is 21.3. The number of methoxy groups -OCH3 is 1. The number of anilines is 5. The summed E-state index contributed by atoms with van der Waals surface area (Å²) in [4.78, 5) is 23.6. The Morgan fingerprint density at radius 1 is 0.892 bits per heavy atom. The van der Waals surface area contributed by atoms with Crippen molar-refractivity contribution in [1.82, 2.24) is 15.0 Å². The number of allylic oxidation sites excluding steroid dienone is 1. The van der Waals surface area contributed by atoms with E-state index in [0.29, 0.717) is 11.4 Å². The van der Waals surface area contributed by atoms with Crippen molar-refractivity contribution in [3.05, 3.63) is 99.0 Å². The van der Waals surface area contributed by atoms with Gasteiger partial charge in [0.15, 0.2) is 0 Å². The maximum atomic E-state index is 10.9. The zero-order chi connectivity index (χ0) is 26.0. The lowest BCUT2D eigenvalue weighted by Gasteiger charge is -2.10. The van der Waals surface area contributed by atoms with Gasteiger partial charge in [-0.1, -0.05) is 30.3 Å². The van der Waals surface area contributed by atoms with Gasteiger partial charge in [-0.05, 0) is 64.0 Å². The number of nitrogens with one attached hydrogen (secondary N) is 3. The minimum atomic E-state index is -0.464. The predicted octanol–water partition coefficient (Wildman–Crippen LogP) is 6.11. The molecule has 0 radical (unpaired) electrons. The van der Waals surface area contributed by atoms with Gasteiger partial charge in [-0.3, -0.25) is 10.1 Å². The third kappa shape index (κ3) is 7.57. The molecule has 0 unspecified atom stereocenters. The van der Waals surface area contributed by atoms with Crippen molar-refractivity contribution in [1.29, 1.82) is 0 Å². The molecule has 0 spiro atoms.